The van der Waals surface area contributed by atoms with Gasteiger partial charge in [0.2, 0.25) is 0 Å². The summed E-state index contributed by atoms with van der Waals surface area (Å²) >= 11 is 0. The molecule has 4 aromatic carbocycles. The molecule has 4 rings (SSSR count). The maximum atomic E-state index is 6.76. The molecule has 0 N–H and O–H groups in total. The molecule has 0 atom stereocenters. The predicted molar refractivity (Wildman–Crippen MR) is 130 cm³/mol. The van der Waals surface area contributed by atoms with Gasteiger partial charge in [-0.05, 0) is 34.3 Å². The molecule has 0 radical (unpaired) electrons. The molecule has 0 unspecified atom stereocenters. The summed E-state index contributed by atoms with van der Waals surface area (Å²) in [4.78, 5) is 0. The van der Waals surface area contributed by atoms with Gasteiger partial charge in [0.15, 0.2) is 0 Å². The Labute approximate surface area is 186 Å². The smallest absolute Gasteiger partial charge is 0.387 e. The Kier molecular flexibility index (Phi) is 7.45. The van der Waals surface area contributed by atoms with E-state index in [4.69, 9.17) is 8.85 Å². The topological polar surface area (TPSA) is 18.5 Å². The molecule has 0 amide bonds. The Morgan fingerprint density at radius 2 is 0.742 bits per heavy atom. The fourth-order valence-electron chi connectivity index (χ4n) is 3.77. The monoisotopic (exact) mass is 424 g/mol. The van der Waals surface area contributed by atoms with Gasteiger partial charge in [0.1, 0.15) is 0 Å². The highest BCUT2D eigenvalue weighted by molar-refractivity contribution is 6.92. The van der Waals surface area contributed by atoms with Crippen LogP contribution in [0.3, 0.4) is 0 Å². The average Bonchev–Trinajstić information content (AvgIpc) is 2.85. The van der Waals surface area contributed by atoms with Crippen LogP contribution in [0.1, 0.15) is 11.1 Å². The summed E-state index contributed by atoms with van der Waals surface area (Å²) in [7, 11) is -2.86. The first-order valence-electron chi connectivity index (χ1n) is 10.8. The first kappa shape index (κ1) is 21.3. The molecule has 0 spiro atoms. The Morgan fingerprint density at radius 1 is 0.419 bits per heavy atom. The second-order valence-corrected chi connectivity index (χ2v) is 10.5. The molecular weight excluding hydrogens is 396 g/mol. The summed E-state index contributed by atoms with van der Waals surface area (Å²) in [6.45, 7) is 1.23. The molecule has 3 heteroatoms. The fraction of sp³-hybridized carbons (Fsp3) is 0.143. The third kappa shape index (κ3) is 5.59. The molecule has 31 heavy (non-hydrogen) atoms. The van der Waals surface area contributed by atoms with Gasteiger partial charge in [-0.15, -0.1) is 0 Å². The molecule has 0 aliphatic carbocycles. The molecule has 0 saturated heterocycles. The van der Waals surface area contributed by atoms with Crippen molar-refractivity contribution in [1.82, 2.24) is 0 Å². The molecule has 0 bridgehead atoms. The number of benzene rings is 4. The summed E-state index contributed by atoms with van der Waals surface area (Å²) in [5.41, 5.74) is 2.55. The van der Waals surface area contributed by atoms with Crippen molar-refractivity contribution in [1.29, 1.82) is 0 Å². The van der Waals surface area contributed by atoms with Crippen molar-refractivity contribution in [3.8, 4) is 0 Å². The third-order valence-electron chi connectivity index (χ3n) is 5.39. The van der Waals surface area contributed by atoms with Crippen LogP contribution in [0.15, 0.2) is 121 Å². The van der Waals surface area contributed by atoms with Gasteiger partial charge >= 0.3 is 8.56 Å². The van der Waals surface area contributed by atoms with E-state index in [2.05, 4.69) is 97.1 Å². The number of hydrogen-bond acceptors (Lipinski definition) is 2. The number of rotatable bonds is 10. The molecule has 0 fully saturated rings. The predicted octanol–water partition coefficient (Wildman–Crippen LogP) is 4.76. The lowest BCUT2D eigenvalue weighted by atomic mass is 10.2. The maximum Gasteiger partial charge on any atom is 0.407 e. The van der Waals surface area contributed by atoms with Gasteiger partial charge in [-0.25, -0.2) is 0 Å². The van der Waals surface area contributed by atoms with E-state index in [1.54, 1.807) is 0 Å². The van der Waals surface area contributed by atoms with Crippen LogP contribution in [-0.2, 0) is 21.7 Å². The third-order valence-corrected chi connectivity index (χ3v) is 8.79. The van der Waals surface area contributed by atoms with Crippen LogP contribution in [0.4, 0.5) is 0 Å². The van der Waals surface area contributed by atoms with E-state index in [1.807, 2.05) is 24.3 Å². The SMILES string of the molecule is c1ccc(CCO[Si](OCCc2ccccc2)(c2ccccc2)c2ccccc2)cc1. The van der Waals surface area contributed by atoms with Crippen LogP contribution in [0.25, 0.3) is 0 Å². The summed E-state index contributed by atoms with van der Waals surface area (Å²) in [6.07, 6.45) is 1.72. The van der Waals surface area contributed by atoms with Gasteiger partial charge in [0, 0.05) is 13.2 Å². The minimum absolute atomic E-state index is 0.616. The second kappa shape index (κ2) is 10.9. The zero-order valence-electron chi connectivity index (χ0n) is 17.7. The lowest BCUT2D eigenvalue weighted by Gasteiger charge is -2.31. The van der Waals surface area contributed by atoms with Crippen LogP contribution in [0.2, 0.25) is 0 Å². The molecule has 0 heterocycles. The van der Waals surface area contributed by atoms with Crippen molar-refractivity contribution in [2.24, 2.45) is 0 Å². The molecular formula is C28H28O2Si. The summed E-state index contributed by atoms with van der Waals surface area (Å²) < 4.78 is 13.5. The van der Waals surface area contributed by atoms with Crippen molar-refractivity contribution in [3.63, 3.8) is 0 Å². The summed E-state index contributed by atoms with van der Waals surface area (Å²) in [6, 6.07) is 41.9. The van der Waals surface area contributed by atoms with Crippen LogP contribution in [0.5, 0.6) is 0 Å². The highest BCUT2D eigenvalue weighted by atomic mass is 28.4. The van der Waals surface area contributed by atoms with Crippen LogP contribution in [-0.4, -0.2) is 21.8 Å². The molecule has 0 saturated carbocycles. The largest absolute Gasteiger partial charge is 0.407 e. The Balaban J connectivity index is 1.61. The van der Waals surface area contributed by atoms with Crippen molar-refractivity contribution in [2.45, 2.75) is 12.8 Å². The van der Waals surface area contributed by atoms with Gasteiger partial charge < -0.3 is 8.85 Å². The van der Waals surface area contributed by atoms with Crippen molar-refractivity contribution in [2.75, 3.05) is 13.2 Å². The molecule has 4 aromatic rings. The average molecular weight is 425 g/mol. The van der Waals surface area contributed by atoms with E-state index < -0.39 is 8.56 Å². The molecule has 0 aliphatic heterocycles. The van der Waals surface area contributed by atoms with E-state index in [-0.39, 0.29) is 0 Å². The van der Waals surface area contributed by atoms with Crippen LogP contribution < -0.4 is 10.4 Å². The highest BCUT2D eigenvalue weighted by Gasteiger charge is 2.42. The van der Waals surface area contributed by atoms with Gasteiger partial charge in [-0.2, -0.15) is 0 Å². The lowest BCUT2D eigenvalue weighted by Crippen LogP contribution is -2.63. The standard InChI is InChI=1S/C28H28O2Si/c1-5-13-25(14-6-1)21-23-29-31(27-17-9-3-10-18-27,28-19-11-4-12-20-28)30-24-22-26-15-7-2-8-16-26/h1-20H,21-24H2. The van der Waals surface area contributed by atoms with E-state index in [1.165, 1.54) is 11.1 Å². The van der Waals surface area contributed by atoms with Gasteiger partial charge in [0.25, 0.3) is 0 Å². The van der Waals surface area contributed by atoms with Gasteiger partial charge in [-0.1, -0.05) is 121 Å². The zero-order valence-corrected chi connectivity index (χ0v) is 18.7. The van der Waals surface area contributed by atoms with Crippen molar-refractivity contribution < 1.29 is 8.85 Å². The van der Waals surface area contributed by atoms with Gasteiger partial charge in [0.05, 0.1) is 0 Å². The van der Waals surface area contributed by atoms with E-state index in [0.717, 1.165) is 23.2 Å². The van der Waals surface area contributed by atoms with Crippen molar-refractivity contribution in [3.05, 3.63) is 132 Å². The quantitative estimate of drug-likeness (QED) is 0.342. The molecule has 2 nitrogen and oxygen atoms in total. The molecule has 0 aliphatic rings. The van der Waals surface area contributed by atoms with E-state index in [9.17, 15) is 0 Å². The Hall–Kier alpha value is -2.98. The Morgan fingerprint density at radius 3 is 1.10 bits per heavy atom. The first-order chi connectivity index (χ1) is 15.4. The van der Waals surface area contributed by atoms with Gasteiger partial charge in [-0.3, -0.25) is 0 Å². The molecule has 0 aromatic heterocycles. The normalized spacial score (nSPS) is 11.4. The fourth-order valence-corrected chi connectivity index (χ4v) is 6.90. The minimum Gasteiger partial charge on any atom is -0.387 e. The summed E-state index contributed by atoms with van der Waals surface area (Å²) in [5.74, 6) is 0. The molecule has 156 valence electrons. The van der Waals surface area contributed by atoms with E-state index in [0.29, 0.717) is 13.2 Å². The van der Waals surface area contributed by atoms with Crippen LogP contribution >= 0.6 is 0 Å². The van der Waals surface area contributed by atoms with Crippen molar-refractivity contribution >= 4 is 18.9 Å². The highest BCUT2D eigenvalue weighted by Crippen LogP contribution is 2.13. The zero-order chi connectivity index (χ0) is 21.2. The minimum atomic E-state index is -2.86. The Bertz CT molecular complexity index is 935. The maximum absolute atomic E-state index is 6.76. The summed E-state index contributed by atoms with van der Waals surface area (Å²) in [5, 5.41) is 2.28. The second-order valence-electron chi connectivity index (χ2n) is 7.52. The number of hydrogen-bond donors (Lipinski definition) is 0. The lowest BCUT2D eigenvalue weighted by molar-refractivity contribution is 0.195. The first-order valence-corrected chi connectivity index (χ1v) is 12.7. The van der Waals surface area contributed by atoms with Crippen LogP contribution in [0, 0.1) is 0 Å². The van der Waals surface area contributed by atoms with E-state index >= 15 is 0 Å².